The average Bonchev–Trinajstić information content (AvgIpc) is 2.85. The van der Waals surface area contributed by atoms with Crippen LogP contribution in [0.1, 0.15) is 36.0 Å². The molecule has 22 heavy (non-hydrogen) atoms. The first-order valence-electron chi connectivity index (χ1n) is 7.38. The van der Waals surface area contributed by atoms with Crippen LogP contribution >= 0.6 is 0 Å². The Morgan fingerprint density at radius 3 is 2.82 bits per heavy atom. The molecular formula is C15H22N2O4S. The van der Waals surface area contributed by atoms with Crippen molar-refractivity contribution in [1.82, 2.24) is 5.32 Å². The zero-order valence-corrected chi connectivity index (χ0v) is 13.4. The predicted octanol–water partition coefficient (Wildman–Crippen LogP) is 1.34. The van der Waals surface area contributed by atoms with Gasteiger partial charge < -0.3 is 10.4 Å². The lowest BCUT2D eigenvalue weighted by atomic mass is 9.99. The molecule has 0 unspecified atom stereocenters. The van der Waals surface area contributed by atoms with Gasteiger partial charge in [0.25, 0.3) is 5.91 Å². The molecule has 0 radical (unpaired) electrons. The van der Waals surface area contributed by atoms with E-state index in [-0.39, 0.29) is 18.6 Å². The Bertz CT molecular complexity index is 630. The van der Waals surface area contributed by atoms with Crippen LogP contribution < -0.4 is 10.0 Å². The highest BCUT2D eigenvalue weighted by molar-refractivity contribution is 7.92. The van der Waals surface area contributed by atoms with Gasteiger partial charge >= 0.3 is 0 Å². The molecule has 1 aromatic rings. The van der Waals surface area contributed by atoms with E-state index in [1.165, 1.54) is 6.07 Å². The fourth-order valence-electron chi connectivity index (χ4n) is 2.93. The standard InChI is InChI=1S/C15H22N2O4S/c1-22(20,21)17-13-6-2-5-12(10-13)15(19)16-14-7-3-4-11(14)8-9-18/h2,5-6,10-11,14,17-18H,3-4,7-9H2,1H3,(H,16,19)/t11-,14-/m1/s1. The summed E-state index contributed by atoms with van der Waals surface area (Å²) in [6.45, 7) is 0.130. The van der Waals surface area contributed by atoms with E-state index in [1.807, 2.05) is 0 Å². The number of anilines is 1. The summed E-state index contributed by atoms with van der Waals surface area (Å²) in [5, 5.41) is 12.1. The van der Waals surface area contributed by atoms with E-state index < -0.39 is 10.0 Å². The van der Waals surface area contributed by atoms with Gasteiger partial charge in [-0.2, -0.15) is 0 Å². The number of amides is 1. The first-order chi connectivity index (χ1) is 10.4. The van der Waals surface area contributed by atoms with Gasteiger partial charge in [-0.3, -0.25) is 9.52 Å². The van der Waals surface area contributed by atoms with E-state index in [9.17, 15) is 13.2 Å². The number of carbonyl (C=O) groups is 1. The predicted molar refractivity (Wildman–Crippen MR) is 85.2 cm³/mol. The maximum absolute atomic E-state index is 12.3. The molecule has 1 amide bonds. The Hall–Kier alpha value is -1.60. The van der Waals surface area contributed by atoms with Crippen LogP contribution in [0.4, 0.5) is 5.69 Å². The molecule has 6 nitrogen and oxygen atoms in total. The second kappa shape index (κ2) is 7.11. The fourth-order valence-corrected chi connectivity index (χ4v) is 3.48. The molecule has 2 atom stereocenters. The van der Waals surface area contributed by atoms with Gasteiger partial charge in [0, 0.05) is 23.9 Å². The minimum Gasteiger partial charge on any atom is -0.396 e. The molecule has 1 aliphatic rings. The van der Waals surface area contributed by atoms with E-state index in [2.05, 4.69) is 10.0 Å². The Kier molecular flexibility index (Phi) is 5.42. The molecule has 2 rings (SSSR count). The molecule has 0 heterocycles. The minimum absolute atomic E-state index is 0.0752. The van der Waals surface area contributed by atoms with Crippen molar-refractivity contribution in [2.24, 2.45) is 5.92 Å². The summed E-state index contributed by atoms with van der Waals surface area (Å²) in [4.78, 5) is 12.3. The maximum atomic E-state index is 12.3. The van der Waals surface area contributed by atoms with Crippen molar-refractivity contribution in [1.29, 1.82) is 0 Å². The molecular weight excluding hydrogens is 304 g/mol. The third-order valence-corrected chi connectivity index (χ3v) is 4.51. The summed E-state index contributed by atoms with van der Waals surface area (Å²) in [7, 11) is -3.37. The summed E-state index contributed by atoms with van der Waals surface area (Å²) in [5.41, 5.74) is 0.789. The third-order valence-electron chi connectivity index (χ3n) is 3.90. The lowest BCUT2D eigenvalue weighted by Gasteiger charge is -2.20. The SMILES string of the molecule is CS(=O)(=O)Nc1cccc(C(=O)N[C@@H]2CCC[C@@H]2CCO)c1. The first kappa shape index (κ1) is 16.8. The number of benzene rings is 1. The monoisotopic (exact) mass is 326 g/mol. The van der Waals surface area contributed by atoms with Gasteiger partial charge in [0.05, 0.1) is 6.26 Å². The summed E-state index contributed by atoms with van der Waals surface area (Å²) in [6.07, 6.45) is 4.74. The number of aliphatic hydroxyl groups is 1. The van der Waals surface area contributed by atoms with E-state index in [1.54, 1.807) is 18.2 Å². The molecule has 0 aliphatic heterocycles. The maximum Gasteiger partial charge on any atom is 0.251 e. The molecule has 1 saturated carbocycles. The molecule has 0 bridgehead atoms. The van der Waals surface area contributed by atoms with Crippen LogP contribution in [-0.2, 0) is 10.0 Å². The van der Waals surface area contributed by atoms with Gasteiger partial charge in [0.1, 0.15) is 0 Å². The number of rotatable bonds is 6. The molecule has 0 aromatic heterocycles. The molecule has 1 fully saturated rings. The molecule has 7 heteroatoms. The lowest BCUT2D eigenvalue weighted by molar-refractivity contribution is 0.0923. The smallest absolute Gasteiger partial charge is 0.251 e. The van der Waals surface area contributed by atoms with Crippen LogP contribution in [0.5, 0.6) is 0 Å². The number of nitrogens with one attached hydrogen (secondary N) is 2. The largest absolute Gasteiger partial charge is 0.396 e. The van der Waals surface area contributed by atoms with Gasteiger partial charge in [-0.05, 0) is 43.4 Å². The van der Waals surface area contributed by atoms with Crippen LogP contribution in [0.15, 0.2) is 24.3 Å². The van der Waals surface area contributed by atoms with Crippen molar-refractivity contribution < 1.29 is 18.3 Å². The zero-order valence-electron chi connectivity index (χ0n) is 12.6. The fraction of sp³-hybridized carbons (Fsp3) is 0.533. The van der Waals surface area contributed by atoms with Gasteiger partial charge in [-0.15, -0.1) is 0 Å². The summed E-state index contributed by atoms with van der Waals surface area (Å²) in [6, 6.07) is 6.49. The summed E-state index contributed by atoms with van der Waals surface area (Å²) < 4.78 is 24.8. The van der Waals surface area contributed by atoms with E-state index in [0.717, 1.165) is 25.5 Å². The highest BCUT2D eigenvalue weighted by Gasteiger charge is 2.28. The second-order valence-electron chi connectivity index (χ2n) is 5.74. The number of hydrogen-bond donors (Lipinski definition) is 3. The zero-order chi connectivity index (χ0) is 16.2. The van der Waals surface area contributed by atoms with E-state index in [0.29, 0.717) is 23.6 Å². The highest BCUT2D eigenvalue weighted by atomic mass is 32.2. The first-order valence-corrected chi connectivity index (χ1v) is 9.28. The molecule has 122 valence electrons. The highest BCUT2D eigenvalue weighted by Crippen LogP contribution is 2.28. The van der Waals surface area contributed by atoms with Gasteiger partial charge in [-0.1, -0.05) is 12.5 Å². The Morgan fingerprint density at radius 1 is 1.36 bits per heavy atom. The Labute approximate surface area is 131 Å². The van der Waals surface area contributed by atoms with Crippen LogP contribution in [0.25, 0.3) is 0 Å². The number of aliphatic hydroxyl groups excluding tert-OH is 1. The van der Waals surface area contributed by atoms with Gasteiger partial charge in [-0.25, -0.2) is 8.42 Å². The summed E-state index contributed by atoms with van der Waals surface area (Å²) in [5.74, 6) is 0.0956. The van der Waals surface area contributed by atoms with E-state index in [4.69, 9.17) is 5.11 Å². The number of hydrogen-bond acceptors (Lipinski definition) is 4. The van der Waals surface area contributed by atoms with Crippen molar-refractivity contribution in [2.75, 3.05) is 17.6 Å². The van der Waals surface area contributed by atoms with Crippen molar-refractivity contribution in [3.05, 3.63) is 29.8 Å². The normalized spacial score (nSPS) is 21.5. The topological polar surface area (TPSA) is 95.5 Å². The van der Waals surface area contributed by atoms with Gasteiger partial charge in [0.15, 0.2) is 0 Å². The van der Waals surface area contributed by atoms with Crippen LogP contribution in [0, 0.1) is 5.92 Å². The van der Waals surface area contributed by atoms with Crippen molar-refractivity contribution >= 4 is 21.6 Å². The quantitative estimate of drug-likeness (QED) is 0.735. The van der Waals surface area contributed by atoms with Crippen molar-refractivity contribution in [3.63, 3.8) is 0 Å². The van der Waals surface area contributed by atoms with Gasteiger partial charge in [0.2, 0.25) is 10.0 Å². The van der Waals surface area contributed by atoms with E-state index >= 15 is 0 Å². The Morgan fingerprint density at radius 2 is 2.14 bits per heavy atom. The lowest BCUT2D eigenvalue weighted by Crippen LogP contribution is -2.37. The average molecular weight is 326 g/mol. The number of carbonyl (C=O) groups excluding carboxylic acids is 1. The van der Waals surface area contributed by atoms with Crippen LogP contribution in [0.2, 0.25) is 0 Å². The summed E-state index contributed by atoms with van der Waals surface area (Å²) >= 11 is 0. The third kappa shape index (κ3) is 4.71. The van der Waals surface area contributed by atoms with Crippen LogP contribution in [0.3, 0.4) is 0 Å². The molecule has 0 spiro atoms. The Balaban J connectivity index is 2.05. The second-order valence-corrected chi connectivity index (χ2v) is 7.49. The molecule has 1 aliphatic carbocycles. The molecule has 0 saturated heterocycles. The van der Waals surface area contributed by atoms with Crippen molar-refractivity contribution in [2.45, 2.75) is 31.7 Å². The van der Waals surface area contributed by atoms with Crippen molar-refractivity contribution in [3.8, 4) is 0 Å². The van der Waals surface area contributed by atoms with Crippen LogP contribution in [-0.4, -0.2) is 38.3 Å². The molecule has 1 aromatic carbocycles. The molecule has 3 N–H and O–H groups in total. The number of sulfonamides is 1. The minimum atomic E-state index is -3.37.